The van der Waals surface area contributed by atoms with E-state index in [0.717, 1.165) is 42.6 Å². The van der Waals surface area contributed by atoms with Crippen molar-refractivity contribution in [3.05, 3.63) is 65.0 Å². The molecule has 0 spiro atoms. The second kappa shape index (κ2) is 11.6. The number of aromatic nitrogens is 2. The number of fused-ring (bicyclic) bond motifs is 1. The molecule has 3 aromatic rings. The van der Waals surface area contributed by atoms with Gasteiger partial charge in [-0.3, -0.25) is 9.69 Å². The van der Waals surface area contributed by atoms with Crippen LogP contribution < -0.4 is 20.3 Å². The highest BCUT2D eigenvalue weighted by Gasteiger charge is 2.40. The zero-order valence-electron chi connectivity index (χ0n) is 25.6. The molecule has 1 saturated heterocycles. The molecule has 44 heavy (non-hydrogen) atoms. The highest BCUT2D eigenvalue weighted by Crippen LogP contribution is 2.41. The molecule has 1 saturated carbocycles. The van der Waals surface area contributed by atoms with Gasteiger partial charge in [0.15, 0.2) is 0 Å². The van der Waals surface area contributed by atoms with Gasteiger partial charge in [0.1, 0.15) is 5.75 Å². The lowest BCUT2D eigenvalue weighted by molar-refractivity contribution is -0.138. The van der Waals surface area contributed by atoms with Crippen LogP contribution in [0.1, 0.15) is 62.4 Å². The Kier molecular flexibility index (Phi) is 7.94. The molecule has 2 fully saturated rings. The van der Waals surface area contributed by atoms with Crippen LogP contribution in [0.3, 0.4) is 0 Å². The van der Waals surface area contributed by atoms with Crippen LogP contribution in [0.15, 0.2) is 42.6 Å². The van der Waals surface area contributed by atoms with Crippen molar-refractivity contribution in [2.45, 2.75) is 76.6 Å². The van der Waals surface area contributed by atoms with Gasteiger partial charge in [0, 0.05) is 55.4 Å². The third-order valence-electron chi connectivity index (χ3n) is 9.42. The van der Waals surface area contributed by atoms with Gasteiger partial charge in [0.05, 0.1) is 29.5 Å². The van der Waals surface area contributed by atoms with E-state index in [1.54, 1.807) is 13.2 Å². The van der Waals surface area contributed by atoms with E-state index >= 15 is 0 Å². The summed E-state index contributed by atoms with van der Waals surface area (Å²) in [7, 11) is 1.57. The fourth-order valence-electron chi connectivity index (χ4n) is 6.77. The minimum Gasteiger partial charge on any atom is -0.494 e. The number of alkyl halides is 3. The lowest BCUT2D eigenvalue weighted by Crippen LogP contribution is -2.57. The first kappa shape index (κ1) is 30.2. The predicted molar refractivity (Wildman–Crippen MR) is 165 cm³/mol. The van der Waals surface area contributed by atoms with Crippen LogP contribution in [-0.2, 0) is 29.2 Å². The molecular weight excluding hydrogens is 569 g/mol. The number of carbonyl (C=O) groups excluding carboxylic acids is 1. The van der Waals surface area contributed by atoms with Crippen LogP contribution in [-0.4, -0.2) is 59.6 Å². The zero-order valence-corrected chi connectivity index (χ0v) is 25.6. The van der Waals surface area contributed by atoms with E-state index < -0.39 is 17.2 Å². The number of carbonyl (C=O) groups is 1. The molecule has 0 unspecified atom stereocenters. The van der Waals surface area contributed by atoms with Gasteiger partial charge >= 0.3 is 6.18 Å². The number of anilines is 4. The zero-order chi connectivity index (χ0) is 31.2. The van der Waals surface area contributed by atoms with Gasteiger partial charge in [-0.05, 0) is 75.8 Å². The van der Waals surface area contributed by atoms with Gasteiger partial charge in [-0.25, -0.2) is 9.97 Å². The average Bonchev–Trinajstić information content (AvgIpc) is 3.19. The van der Waals surface area contributed by atoms with E-state index in [1.807, 2.05) is 44.2 Å². The molecule has 8 nitrogen and oxygen atoms in total. The quantitative estimate of drug-likeness (QED) is 0.310. The first-order chi connectivity index (χ1) is 21.0. The molecule has 1 amide bonds. The highest BCUT2D eigenvalue weighted by molar-refractivity contribution is 6.06. The molecule has 6 rings (SSSR count). The van der Waals surface area contributed by atoms with E-state index in [4.69, 9.17) is 4.74 Å². The summed E-state index contributed by atoms with van der Waals surface area (Å²) in [6.07, 6.45) is 0.426. The molecule has 0 radical (unpaired) electrons. The second-order valence-corrected chi connectivity index (χ2v) is 12.6. The van der Waals surface area contributed by atoms with E-state index in [-0.39, 0.29) is 30.4 Å². The number of piperazine rings is 1. The number of aryl methyl sites for hydroxylation is 2. The average molecular weight is 609 g/mol. The number of benzene rings is 2. The standard InChI is InChI=1S/C33H39F3N6O2/c1-20-19-41(15-16-42(20)22-8-6-9-22)23-12-14-26(28(17-23)44-4)40-31-37-18-24(33(34,35)36)25(39-31)13-11-21-7-5-10-27-29(21)32(2,3)30(43)38-27/h5,7,10,12,14,17-18,20,22H,6,8-9,11,13,15-16,19H2,1-4H3,(H,38,43)(H,37,39,40)/t20-/m1/s1. The maximum absolute atomic E-state index is 14.0. The third kappa shape index (κ3) is 5.69. The summed E-state index contributed by atoms with van der Waals surface area (Å²) < 4.78 is 47.7. The molecule has 2 N–H and O–H groups in total. The van der Waals surface area contributed by atoms with Crippen molar-refractivity contribution >= 4 is 28.9 Å². The van der Waals surface area contributed by atoms with Gasteiger partial charge in [-0.15, -0.1) is 0 Å². The molecule has 1 aliphatic carbocycles. The van der Waals surface area contributed by atoms with Crippen molar-refractivity contribution in [2.24, 2.45) is 0 Å². The Balaban J connectivity index is 1.21. The van der Waals surface area contributed by atoms with Crippen molar-refractivity contribution in [1.82, 2.24) is 14.9 Å². The Labute approximate surface area is 256 Å². The molecule has 3 aliphatic rings. The Morgan fingerprint density at radius 1 is 1.14 bits per heavy atom. The van der Waals surface area contributed by atoms with Crippen molar-refractivity contribution in [1.29, 1.82) is 0 Å². The van der Waals surface area contributed by atoms with E-state index in [2.05, 4.69) is 37.3 Å². The topological polar surface area (TPSA) is 82.6 Å². The summed E-state index contributed by atoms with van der Waals surface area (Å²) >= 11 is 0. The summed E-state index contributed by atoms with van der Waals surface area (Å²) in [5, 5.41) is 5.96. The van der Waals surface area contributed by atoms with E-state index in [0.29, 0.717) is 29.2 Å². The van der Waals surface area contributed by atoms with Crippen molar-refractivity contribution in [3.63, 3.8) is 0 Å². The molecule has 1 atom stereocenters. The summed E-state index contributed by atoms with van der Waals surface area (Å²) in [4.78, 5) is 25.8. The molecule has 1 aromatic heterocycles. The van der Waals surface area contributed by atoms with Gasteiger partial charge < -0.3 is 20.3 Å². The van der Waals surface area contributed by atoms with Crippen LogP contribution in [0.4, 0.5) is 36.2 Å². The SMILES string of the molecule is COc1cc(N2CCN(C3CCC3)[C@H](C)C2)ccc1Nc1ncc(C(F)(F)F)c(CCc2cccc3c2C(C)(C)C(=O)N3)n1. The fourth-order valence-corrected chi connectivity index (χ4v) is 6.77. The van der Waals surface area contributed by atoms with Gasteiger partial charge in [0.25, 0.3) is 0 Å². The molecule has 2 aliphatic heterocycles. The Morgan fingerprint density at radius 2 is 1.93 bits per heavy atom. The van der Waals surface area contributed by atoms with Crippen LogP contribution in [0.2, 0.25) is 0 Å². The normalized spacial score (nSPS) is 20.2. The van der Waals surface area contributed by atoms with Gasteiger partial charge in [0.2, 0.25) is 11.9 Å². The number of methoxy groups -OCH3 is 1. The number of halogens is 3. The molecular formula is C33H39F3N6O2. The number of hydrogen-bond donors (Lipinski definition) is 2. The summed E-state index contributed by atoms with van der Waals surface area (Å²) in [5.74, 6) is 0.480. The lowest BCUT2D eigenvalue weighted by Gasteiger charge is -2.47. The summed E-state index contributed by atoms with van der Waals surface area (Å²) in [5.41, 5.74) is 2.16. The highest BCUT2D eigenvalue weighted by atomic mass is 19.4. The van der Waals surface area contributed by atoms with E-state index in [1.165, 1.54) is 19.3 Å². The maximum atomic E-state index is 14.0. The number of rotatable bonds is 8. The Bertz CT molecular complexity index is 1550. The van der Waals surface area contributed by atoms with Crippen LogP contribution in [0.25, 0.3) is 0 Å². The Hall–Kier alpha value is -3.86. The number of amides is 1. The first-order valence-electron chi connectivity index (χ1n) is 15.3. The first-order valence-corrected chi connectivity index (χ1v) is 15.3. The van der Waals surface area contributed by atoms with E-state index in [9.17, 15) is 18.0 Å². The van der Waals surface area contributed by atoms with Crippen molar-refractivity contribution in [3.8, 4) is 5.75 Å². The molecule has 11 heteroatoms. The van der Waals surface area contributed by atoms with Gasteiger partial charge in [-0.1, -0.05) is 18.6 Å². The number of nitrogens with one attached hydrogen (secondary N) is 2. The minimum absolute atomic E-state index is 0.0217. The molecule has 0 bridgehead atoms. The van der Waals surface area contributed by atoms with Crippen LogP contribution in [0, 0.1) is 0 Å². The van der Waals surface area contributed by atoms with Crippen molar-refractivity contribution in [2.75, 3.05) is 42.3 Å². The van der Waals surface area contributed by atoms with Crippen LogP contribution in [0.5, 0.6) is 5.75 Å². The minimum atomic E-state index is -4.61. The number of ether oxygens (including phenoxy) is 1. The molecule has 234 valence electrons. The van der Waals surface area contributed by atoms with Gasteiger partial charge in [-0.2, -0.15) is 13.2 Å². The Morgan fingerprint density at radius 3 is 2.61 bits per heavy atom. The summed E-state index contributed by atoms with van der Waals surface area (Å²) in [6.45, 7) is 8.78. The smallest absolute Gasteiger partial charge is 0.419 e. The number of hydrogen-bond acceptors (Lipinski definition) is 7. The third-order valence-corrected chi connectivity index (χ3v) is 9.42. The van der Waals surface area contributed by atoms with Crippen molar-refractivity contribution < 1.29 is 22.7 Å². The predicted octanol–water partition coefficient (Wildman–Crippen LogP) is 6.33. The molecule has 3 heterocycles. The monoisotopic (exact) mass is 608 g/mol. The molecule has 2 aromatic carbocycles. The largest absolute Gasteiger partial charge is 0.494 e. The summed E-state index contributed by atoms with van der Waals surface area (Å²) in [6, 6.07) is 12.4. The fraction of sp³-hybridized carbons (Fsp3) is 0.485. The maximum Gasteiger partial charge on any atom is 0.419 e. The van der Waals surface area contributed by atoms with Crippen LogP contribution >= 0.6 is 0 Å². The number of nitrogens with zero attached hydrogens (tertiary/aromatic N) is 4. The second-order valence-electron chi connectivity index (χ2n) is 12.6. The lowest BCUT2D eigenvalue weighted by atomic mass is 9.82.